The summed E-state index contributed by atoms with van der Waals surface area (Å²) in [6.45, 7) is 2.85. The van der Waals surface area contributed by atoms with Gasteiger partial charge in [0.2, 0.25) is 0 Å². The summed E-state index contributed by atoms with van der Waals surface area (Å²) >= 11 is 3.40. The summed E-state index contributed by atoms with van der Waals surface area (Å²) < 4.78 is 0.911. The number of hydrogen-bond donors (Lipinski definition) is 1. The van der Waals surface area contributed by atoms with E-state index in [1.165, 1.54) is 11.1 Å². The first-order chi connectivity index (χ1) is 8.69. The van der Waals surface area contributed by atoms with Gasteiger partial charge >= 0.3 is 0 Å². The van der Waals surface area contributed by atoms with Gasteiger partial charge in [-0.25, -0.2) is 0 Å². The van der Waals surface area contributed by atoms with E-state index in [-0.39, 0.29) is 0 Å². The molecule has 2 aromatic carbocycles. The lowest BCUT2D eigenvalue weighted by Crippen LogP contribution is -2.01. The highest BCUT2D eigenvalue weighted by atomic mass is 79.9. The fraction of sp³-hybridized carbons (Fsp3) is 0.133. The SMILES string of the molecule is Cc1ccccc1CNc1cc(Br)cc(C#N)c1. The second-order valence-corrected chi connectivity index (χ2v) is 5.04. The number of aryl methyl sites for hydroxylation is 1. The smallest absolute Gasteiger partial charge is 0.0992 e. The Labute approximate surface area is 115 Å². The molecule has 1 N–H and O–H groups in total. The lowest BCUT2D eigenvalue weighted by molar-refractivity contribution is 1.12. The van der Waals surface area contributed by atoms with E-state index in [4.69, 9.17) is 5.26 Å². The van der Waals surface area contributed by atoms with Gasteiger partial charge in [-0.3, -0.25) is 0 Å². The van der Waals surface area contributed by atoms with Crippen molar-refractivity contribution < 1.29 is 0 Å². The van der Waals surface area contributed by atoms with Crippen LogP contribution in [0.2, 0.25) is 0 Å². The molecule has 2 rings (SSSR count). The van der Waals surface area contributed by atoms with Gasteiger partial charge in [-0.2, -0.15) is 5.26 Å². The number of nitrogens with one attached hydrogen (secondary N) is 1. The van der Waals surface area contributed by atoms with E-state index in [0.29, 0.717) is 5.56 Å². The van der Waals surface area contributed by atoms with Gasteiger partial charge in [-0.15, -0.1) is 0 Å². The molecule has 0 saturated carbocycles. The third-order valence-electron chi connectivity index (χ3n) is 2.77. The molecule has 0 aliphatic carbocycles. The Balaban J connectivity index is 2.14. The molecule has 0 radical (unpaired) electrons. The van der Waals surface area contributed by atoms with Crippen LogP contribution in [-0.4, -0.2) is 0 Å². The van der Waals surface area contributed by atoms with Crippen molar-refractivity contribution in [2.75, 3.05) is 5.32 Å². The van der Waals surface area contributed by atoms with E-state index in [1.807, 2.05) is 24.3 Å². The summed E-state index contributed by atoms with van der Waals surface area (Å²) in [5.41, 5.74) is 4.12. The number of halogens is 1. The summed E-state index contributed by atoms with van der Waals surface area (Å²) in [5, 5.41) is 12.3. The van der Waals surface area contributed by atoms with Gasteiger partial charge in [0, 0.05) is 16.7 Å². The minimum absolute atomic E-state index is 0.650. The van der Waals surface area contributed by atoms with Crippen molar-refractivity contribution >= 4 is 21.6 Å². The number of nitriles is 1. The molecule has 90 valence electrons. The maximum atomic E-state index is 8.92. The molecule has 0 spiro atoms. The van der Waals surface area contributed by atoms with Crippen molar-refractivity contribution in [1.29, 1.82) is 5.26 Å². The van der Waals surface area contributed by atoms with E-state index in [0.717, 1.165) is 16.7 Å². The van der Waals surface area contributed by atoms with Gasteiger partial charge in [0.25, 0.3) is 0 Å². The summed E-state index contributed by atoms with van der Waals surface area (Å²) in [4.78, 5) is 0. The monoisotopic (exact) mass is 300 g/mol. The normalized spacial score (nSPS) is 9.83. The largest absolute Gasteiger partial charge is 0.381 e. The zero-order chi connectivity index (χ0) is 13.0. The molecule has 0 aliphatic rings. The van der Waals surface area contributed by atoms with Crippen LogP contribution < -0.4 is 5.32 Å². The van der Waals surface area contributed by atoms with E-state index in [1.54, 1.807) is 6.07 Å². The Morgan fingerprint density at radius 3 is 2.72 bits per heavy atom. The zero-order valence-corrected chi connectivity index (χ0v) is 11.7. The summed E-state index contributed by atoms with van der Waals surface area (Å²) in [6, 6.07) is 16.0. The molecule has 2 nitrogen and oxygen atoms in total. The Kier molecular flexibility index (Phi) is 4.01. The van der Waals surface area contributed by atoms with Gasteiger partial charge in [0.1, 0.15) is 0 Å². The summed E-state index contributed by atoms with van der Waals surface area (Å²) in [7, 11) is 0. The highest BCUT2D eigenvalue weighted by molar-refractivity contribution is 9.10. The van der Waals surface area contributed by atoms with Crippen LogP contribution in [0.5, 0.6) is 0 Å². The first-order valence-corrected chi connectivity index (χ1v) is 6.47. The highest BCUT2D eigenvalue weighted by Crippen LogP contribution is 2.20. The van der Waals surface area contributed by atoms with E-state index >= 15 is 0 Å². The van der Waals surface area contributed by atoms with Crippen LogP contribution >= 0.6 is 15.9 Å². The average Bonchev–Trinajstić information content (AvgIpc) is 2.37. The predicted molar refractivity (Wildman–Crippen MR) is 77.4 cm³/mol. The van der Waals surface area contributed by atoms with E-state index in [2.05, 4.69) is 46.4 Å². The number of benzene rings is 2. The third kappa shape index (κ3) is 3.12. The fourth-order valence-electron chi connectivity index (χ4n) is 1.76. The first kappa shape index (κ1) is 12.7. The van der Waals surface area contributed by atoms with Gasteiger partial charge in [-0.1, -0.05) is 40.2 Å². The molecule has 2 aromatic rings. The Morgan fingerprint density at radius 2 is 2.00 bits per heavy atom. The minimum Gasteiger partial charge on any atom is -0.381 e. The van der Waals surface area contributed by atoms with Gasteiger partial charge in [0.15, 0.2) is 0 Å². The maximum Gasteiger partial charge on any atom is 0.0992 e. The summed E-state index contributed by atoms with van der Waals surface area (Å²) in [5.74, 6) is 0. The van der Waals surface area contributed by atoms with Crippen molar-refractivity contribution in [3.63, 3.8) is 0 Å². The quantitative estimate of drug-likeness (QED) is 0.920. The van der Waals surface area contributed by atoms with Gasteiger partial charge < -0.3 is 5.32 Å². The molecule has 0 bridgehead atoms. The molecule has 18 heavy (non-hydrogen) atoms. The highest BCUT2D eigenvalue weighted by Gasteiger charge is 2.00. The molecule has 0 saturated heterocycles. The number of nitrogens with zero attached hydrogens (tertiary/aromatic N) is 1. The second-order valence-electron chi connectivity index (χ2n) is 4.12. The maximum absolute atomic E-state index is 8.92. The van der Waals surface area contributed by atoms with Gasteiger partial charge in [0.05, 0.1) is 11.6 Å². The molecule has 0 aromatic heterocycles. The fourth-order valence-corrected chi connectivity index (χ4v) is 2.26. The standard InChI is InChI=1S/C15H13BrN2/c1-11-4-2-3-5-13(11)10-18-15-7-12(9-17)6-14(16)8-15/h2-8,18H,10H2,1H3. The van der Waals surface area contributed by atoms with Crippen LogP contribution in [0.15, 0.2) is 46.9 Å². The molecule has 3 heteroatoms. The number of rotatable bonds is 3. The van der Waals surface area contributed by atoms with Gasteiger partial charge in [-0.05, 0) is 36.2 Å². The molecule has 0 atom stereocenters. The third-order valence-corrected chi connectivity index (χ3v) is 3.23. The van der Waals surface area contributed by atoms with Crippen LogP contribution in [0.3, 0.4) is 0 Å². The Bertz CT molecular complexity index is 600. The molecule has 0 aliphatic heterocycles. The minimum atomic E-state index is 0.650. The van der Waals surface area contributed by atoms with Crippen LogP contribution in [0.1, 0.15) is 16.7 Å². The van der Waals surface area contributed by atoms with Crippen molar-refractivity contribution in [2.45, 2.75) is 13.5 Å². The van der Waals surface area contributed by atoms with Crippen molar-refractivity contribution in [3.05, 3.63) is 63.6 Å². The first-order valence-electron chi connectivity index (χ1n) is 5.68. The molecule has 0 amide bonds. The Hall–Kier alpha value is -1.79. The van der Waals surface area contributed by atoms with E-state index < -0.39 is 0 Å². The zero-order valence-electron chi connectivity index (χ0n) is 10.1. The van der Waals surface area contributed by atoms with Crippen LogP contribution in [0.25, 0.3) is 0 Å². The van der Waals surface area contributed by atoms with Crippen molar-refractivity contribution in [3.8, 4) is 6.07 Å². The molecular weight excluding hydrogens is 288 g/mol. The lowest BCUT2D eigenvalue weighted by Gasteiger charge is -2.09. The molecule has 0 fully saturated rings. The molecular formula is C15H13BrN2. The summed E-state index contributed by atoms with van der Waals surface area (Å²) in [6.07, 6.45) is 0. The Morgan fingerprint density at radius 1 is 1.22 bits per heavy atom. The van der Waals surface area contributed by atoms with E-state index in [9.17, 15) is 0 Å². The topological polar surface area (TPSA) is 35.8 Å². The average molecular weight is 301 g/mol. The van der Waals surface area contributed by atoms with Crippen LogP contribution in [0, 0.1) is 18.3 Å². The molecule has 0 unspecified atom stereocenters. The molecule has 0 heterocycles. The van der Waals surface area contributed by atoms with Crippen molar-refractivity contribution in [1.82, 2.24) is 0 Å². The lowest BCUT2D eigenvalue weighted by atomic mass is 10.1. The second kappa shape index (κ2) is 5.70. The van der Waals surface area contributed by atoms with Crippen LogP contribution in [-0.2, 0) is 6.54 Å². The number of anilines is 1. The van der Waals surface area contributed by atoms with Crippen LogP contribution in [0.4, 0.5) is 5.69 Å². The van der Waals surface area contributed by atoms with Crippen molar-refractivity contribution in [2.24, 2.45) is 0 Å². The number of hydrogen-bond acceptors (Lipinski definition) is 2. The predicted octanol–water partition coefficient (Wildman–Crippen LogP) is 4.24.